The van der Waals surface area contributed by atoms with Gasteiger partial charge in [-0.3, -0.25) is 4.98 Å². The van der Waals surface area contributed by atoms with Crippen LogP contribution in [0.5, 0.6) is 0 Å². The van der Waals surface area contributed by atoms with Crippen molar-refractivity contribution in [2.24, 2.45) is 11.7 Å². The largest absolute Gasteiger partial charge is 0.351 e. The fourth-order valence-corrected chi connectivity index (χ4v) is 2.33. The maximum Gasteiger partial charge on any atom is 0.147 e. The van der Waals surface area contributed by atoms with Crippen molar-refractivity contribution in [1.29, 1.82) is 0 Å². The summed E-state index contributed by atoms with van der Waals surface area (Å²) in [6.45, 7) is 4.00. The normalized spacial score (nSPS) is 26.7. The zero-order valence-corrected chi connectivity index (χ0v) is 9.13. The maximum atomic E-state index is 5.83. The molecule has 2 unspecified atom stereocenters. The molecule has 0 aromatic carbocycles. The van der Waals surface area contributed by atoms with Gasteiger partial charge in [0.2, 0.25) is 0 Å². The lowest BCUT2D eigenvalue weighted by molar-refractivity contribution is 0.348. The molecule has 82 valence electrons. The second kappa shape index (κ2) is 4.57. The van der Waals surface area contributed by atoms with E-state index in [2.05, 4.69) is 21.8 Å². The molecular weight excluding hydrogens is 188 g/mol. The molecule has 1 aliphatic rings. The molecule has 1 saturated heterocycles. The molecule has 2 heterocycles. The first kappa shape index (κ1) is 10.4. The van der Waals surface area contributed by atoms with Gasteiger partial charge < -0.3 is 10.6 Å². The molecule has 0 bridgehead atoms. The van der Waals surface area contributed by atoms with Gasteiger partial charge in [-0.05, 0) is 18.8 Å². The highest BCUT2D eigenvalue weighted by molar-refractivity contribution is 5.37. The molecule has 4 heteroatoms. The van der Waals surface area contributed by atoms with E-state index in [1.165, 1.54) is 12.8 Å². The molecule has 0 aliphatic carbocycles. The average molecular weight is 206 g/mol. The topological polar surface area (TPSA) is 55.0 Å². The van der Waals surface area contributed by atoms with E-state index in [9.17, 15) is 0 Å². The van der Waals surface area contributed by atoms with Gasteiger partial charge in [0.25, 0.3) is 0 Å². The zero-order chi connectivity index (χ0) is 10.7. The highest BCUT2D eigenvalue weighted by atomic mass is 15.2. The fraction of sp³-hybridized carbons (Fsp3) is 0.636. The number of nitrogens with two attached hydrogens (primary N) is 1. The molecule has 2 N–H and O–H groups in total. The summed E-state index contributed by atoms with van der Waals surface area (Å²) >= 11 is 0. The zero-order valence-electron chi connectivity index (χ0n) is 9.13. The number of rotatable bonds is 2. The first-order valence-corrected chi connectivity index (χ1v) is 5.55. The van der Waals surface area contributed by atoms with Crippen LogP contribution < -0.4 is 10.6 Å². The second-order valence-corrected chi connectivity index (χ2v) is 4.18. The van der Waals surface area contributed by atoms with Crippen LogP contribution in [-0.2, 0) is 0 Å². The number of hydrogen-bond donors (Lipinski definition) is 1. The van der Waals surface area contributed by atoms with Crippen LogP contribution in [0.15, 0.2) is 18.6 Å². The van der Waals surface area contributed by atoms with Crippen molar-refractivity contribution in [2.45, 2.75) is 25.8 Å². The quantitative estimate of drug-likeness (QED) is 0.785. The van der Waals surface area contributed by atoms with Gasteiger partial charge in [0, 0.05) is 31.5 Å². The van der Waals surface area contributed by atoms with Crippen molar-refractivity contribution in [3.05, 3.63) is 18.6 Å². The van der Waals surface area contributed by atoms with E-state index in [1.807, 2.05) is 6.20 Å². The molecule has 0 saturated carbocycles. The lowest BCUT2D eigenvalue weighted by Crippen LogP contribution is -2.49. The van der Waals surface area contributed by atoms with E-state index in [-0.39, 0.29) is 0 Å². The van der Waals surface area contributed by atoms with Crippen LogP contribution in [-0.4, -0.2) is 29.1 Å². The summed E-state index contributed by atoms with van der Waals surface area (Å²) in [7, 11) is 0. The molecule has 2 atom stereocenters. The highest BCUT2D eigenvalue weighted by Crippen LogP contribution is 2.25. The molecule has 0 amide bonds. The van der Waals surface area contributed by atoms with Gasteiger partial charge in [-0.15, -0.1) is 0 Å². The van der Waals surface area contributed by atoms with Crippen molar-refractivity contribution in [3.63, 3.8) is 0 Å². The van der Waals surface area contributed by atoms with Gasteiger partial charge in [0.1, 0.15) is 5.82 Å². The number of aromatic nitrogens is 2. The smallest absolute Gasteiger partial charge is 0.147 e. The van der Waals surface area contributed by atoms with Gasteiger partial charge in [-0.1, -0.05) is 6.92 Å². The Hall–Kier alpha value is -1.16. The Morgan fingerprint density at radius 3 is 3.07 bits per heavy atom. The van der Waals surface area contributed by atoms with Crippen molar-refractivity contribution in [2.75, 3.05) is 18.0 Å². The van der Waals surface area contributed by atoms with E-state index < -0.39 is 0 Å². The van der Waals surface area contributed by atoms with Crippen LogP contribution in [0.25, 0.3) is 0 Å². The lowest BCUT2D eigenvalue weighted by atomic mass is 9.91. The number of piperidine rings is 1. The summed E-state index contributed by atoms with van der Waals surface area (Å²) in [5.74, 6) is 1.60. The SMILES string of the molecule is CC1CCCN(c2cnccn2)C1CN. The summed E-state index contributed by atoms with van der Waals surface area (Å²) < 4.78 is 0. The Morgan fingerprint density at radius 2 is 2.40 bits per heavy atom. The molecule has 1 aliphatic heterocycles. The molecule has 2 rings (SSSR count). The number of anilines is 1. The Morgan fingerprint density at radius 1 is 1.53 bits per heavy atom. The molecule has 1 aromatic rings. The Bertz CT molecular complexity index is 301. The van der Waals surface area contributed by atoms with E-state index in [1.54, 1.807) is 12.4 Å². The molecule has 1 fully saturated rings. The summed E-state index contributed by atoms with van der Waals surface area (Å²) in [5, 5.41) is 0. The van der Waals surface area contributed by atoms with E-state index >= 15 is 0 Å². The standard InChI is InChI=1S/C11H18N4/c1-9-3-2-6-15(10(9)7-12)11-8-13-4-5-14-11/h4-5,8-10H,2-3,6-7,12H2,1H3. The minimum absolute atomic E-state index is 0.412. The molecule has 0 spiro atoms. The predicted molar refractivity (Wildman–Crippen MR) is 60.6 cm³/mol. The highest BCUT2D eigenvalue weighted by Gasteiger charge is 2.28. The first-order valence-electron chi connectivity index (χ1n) is 5.55. The van der Waals surface area contributed by atoms with Crippen molar-refractivity contribution >= 4 is 5.82 Å². The third-order valence-electron chi connectivity index (χ3n) is 3.20. The third kappa shape index (κ3) is 2.09. The van der Waals surface area contributed by atoms with Gasteiger partial charge >= 0.3 is 0 Å². The summed E-state index contributed by atoms with van der Waals surface area (Å²) in [5.41, 5.74) is 5.83. The van der Waals surface area contributed by atoms with Crippen LogP contribution in [0, 0.1) is 5.92 Å². The summed E-state index contributed by atoms with van der Waals surface area (Å²) in [6, 6.07) is 0.412. The second-order valence-electron chi connectivity index (χ2n) is 4.18. The van der Waals surface area contributed by atoms with Crippen LogP contribution in [0.2, 0.25) is 0 Å². The van der Waals surface area contributed by atoms with Crippen LogP contribution in [0.3, 0.4) is 0 Å². The molecule has 0 radical (unpaired) electrons. The van der Waals surface area contributed by atoms with Gasteiger partial charge in [0.15, 0.2) is 0 Å². The fourth-order valence-electron chi connectivity index (χ4n) is 2.33. The Kier molecular flexibility index (Phi) is 3.16. The monoisotopic (exact) mass is 206 g/mol. The molecule has 1 aromatic heterocycles. The van der Waals surface area contributed by atoms with E-state index in [0.717, 1.165) is 12.4 Å². The maximum absolute atomic E-state index is 5.83. The van der Waals surface area contributed by atoms with Crippen LogP contribution in [0.1, 0.15) is 19.8 Å². The van der Waals surface area contributed by atoms with Gasteiger partial charge in [-0.25, -0.2) is 4.98 Å². The Labute approximate surface area is 90.5 Å². The number of hydrogen-bond acceptors (Lipinski definition) is 4. The Balaban J connectivity index is 2.19. The third-order valence-corrected chi connectivity index (χ3v) is 3.20. The van der Waals surface area contributed by atoms with Gasteiger partial charge in [-0.2, -0.15) is 0 Å². The van der Waals surface area contributed by atoms with Crippen LogP contribution >= 0.6 is 0 Å². The minimum atomic E-state index is 0.412. The van der Waals surface area contributed by atoms with Crippen LogP contribution in [0.4, 0.5) is 5.82 Å². The molecular formula is C11H18N4. The van der Waals surface area contributed by atoms with E-state index in [4.69, 9.17) is 5.73 Å². The van der Waals surface area contributed by atoms with Gasteiger partial charge in [0.05, 0.1) is 6.20 Å². The minimum Gasteiger partial charge on any atom is -0.351 e. The van der Waals surface area contributed by atoms with Crippen molar-refractivity contribution in [1.82, 2.24) is 9.97 Å². The van der Waals surface area contributed by atoms with Crippen molar-refractivity contribution < 1.29 is 0 Å². The average Bonchev–Trinajstić information content (AvgIpc) is 2.30. The summed E-state index contributed by atoms with van der Waals surface area (Å²) in [6.07, 6.45) is 7.74. The lowest BCUT2D eigenvalue weighted by Gasteiger charge is -2.40. The molecule has 15 heavy (non-hydrogen) atoms. The van der Waals surface area contributed by atoms with Crippen molar-refractivity contribution in [3.8, 4) is 0 Å². The molecule has 4 nitrogen and oxygen atoms in total. The first-order chi connectivity index (χ1) is 7.33. The number of nitrogens with zero attached hydrogens (tertiary/aromatic N) is 3. The summed E-state index contributed by atoms with van der Waals surface area (Å²) in [4.78, 5) is 10.7. The predicted octanol–water partition coefficient (Wildman–Crippen LogP) is 1.04. The van der Waals surface area contributed by atoms with E-state index in [0.29, 0.717) is 18.5 Å².